The van der Waals surface area contributed by atoms with Gasteiger partial charge in [0.15, 0.2) is 0 Å². The minimum Gasteiger partial charge on any atom is -0.481 e. The molecule has 0 radical (unpaired) electrons. The van der Waals surface area contributed by atoms with Gasteiger partial charge in [-0.15, -0.1) is 0 Å². The summed E-state index contributed by atoms with van der Waals surface area (Å²) in [6.45, 7) is 3.81. The molecule has 1 aromatic rings. The fraction of sp³-hybridized carbons (Fsp3) is 0.517. The standard InChI is InChI=1S/C29H42N6O12/c1-14(2)9-18(34-28(45)20(12-23(39)40)33-25(42)17(30)11-22(37)38)26(43)31-15(3)24(41)32-19(10-16-7-5-4-6-8-16)27(44)35-21(13-36)29(46)47/h4-8,14-15,17-21,36H,9-13,30H2,1-3H3,(H,31,43)(H,32,41)(H,33,42)(H,34,45)(H,35,44)(H,37,38)(H,39,40)(H,46,47)/t15-,17-,18-,19-,20-,21-/m0/s1. The van der Waals surface area contributed by atoms with Crippen LogP contribution in [0.3, 0.4) is 0 Å². The Morgan fingerprint density at radius 1 is 0.638 bits per heavy atom. The fourth-order valence-corrected chi connectivity index (χ4v) is 4.11. The summed E-state index contributed by atoms with van der Waals surface area (Å²) in [6, 6.07) is -0.500. The Kier molecular flexibility index (Phi) is 16.5. The Balaban J connectivity index is 3.09. The molecule has 0 unspecified atom stereocenters. The van der Waals surface area contributed by atoms with Gasteiger partial charge in [0.1, 0.15) is 30.2 Å². The lowest BCUT2D eigenvalue weighted by Gasteiger charge is -2.26. The summed E-state index contributed by atoms with van der Waals surface area (Å²) in [6.07, 6.45) is -1.78. The minimum atomic E-state index is -1.73. The third kappa shape index (κ3) is 14.7. The van der Waals surface area contributed by atoms with Gasteiger partial charge in [-0.05, 0) is 24.8 Å². The lowest BCUT2D eigenvalue weighted by molar-refractivity contribution is -0.143. The van der Waals surface area contributed by atoms with Crippen molar-refractivity contribution < 1.29 is 58.8 Å². The number of carboxylic acids is 3. The first kappa shape index (κ1) is 39.9. The average Bonchev–Trinajstić information content (AvgIpc) is 2.97. The second-order valence-corrected chi connectivity index (χ2v) is 11.1. The van der Waals surface area contributed by atoms with Crippen LogP contribution < -0.4 is 32.3 Å². The molecule has 0 heterocycles. The maximum absolute atomic E-state index is 13.2. The van der Waals surface area contributed by atoms with E-state index in [0.29, 0.717) is 5.56 Å². The zero-order valence-corrected chi connectivity index (χ0v) is 26.1. The van der Waals surface area contributed by atoms with Crippen LogP contribution >= 0.6 is 0 Å². The Bertz CT molecular complexity index is 1290. The van der Waals surface area contributed by atoms with Gasteiger partial charge in [-0.2, -0.15) is 0 Å². The average molecular weight is 667 g/mol. The molecule has 0 aliphatic rings. The maximum Gasteiger partial charge on any atom is 0.328 e. The van der Waals surface area contributed by atoms with E-state index >= 15 is 0 Å². The number of aliphatic hydroxyl groups is 1. The van der Waals surface area contributed by atoms with Gasteiger partial charge in [0, 0.05) is 6.42 Å². The van der Waals surface area contributed by atoms with Crippen molar-refractivity contribution in [2.75, 3.05) is 6.61 Å². The quantitative estimate of drug-likeness (QED) is 0.0667. The fourth-order valence-electron chi connectivity index (χ4n) is 4.11. The van der Waals surface area contributed by atoms with Crippen LogP contribution in [0.4, 0.5) is 0 Å². The van der Waals surface area contributed by atoms with Crippen LogP contribution in [0, 0.1) is 5.92 Å². The Labute approximate surface area is 269 Å². The summed E-state index contributed by atoms with van der Waals surface area (Å²) < 4.78 is 0. The molecule has 0 aromatic heterocycles. The van der Waals surface area contributed by atoms with Gasteiger partial charge in [-0.3, -0.25) is 33.6 Å². The van der Waals surface area contributed by atoms with Gasteiger partial charge in [-0.25, -0.2) is 4.79 Å². The second-order valence-electron chi connectivity index (χ2n) is 11.1. The zero-order chi connectivity index (χ0) is 35.8. The van der Waals surface area contributed by atoms with Crippen molar-refractivity contribution >= 4 is 47.4 Å². The van der Waals surface area contributed by atoms with Gasteiger partial charge in [0.2, 0.25) is 29.5 Å². The van der Waals surface area contributed by atoms with Crippen molar-refractivity contribution in [2.24, 2.45) is 11.7 Å². The van der Waals surface area contributed by atoms with Gasteiger partial charge in [0.05, 0.1) is 25.5 Å². The molecular formula is C29H42N6O12. The van der Waals surface area contributed by atoms with E-state index in [4.69, 9.17) is 10.8 Å². The van der Waals surface area contributed by atoms with Crippen molar-refractivity contribution in [3.8, 4) is 0 Å². The van der Waals surface area contributed by atoms with Crippen LogP contribution in [-0.4, -0.2) is 111 Å². The van der Waals surface area contributed by atoms with E-state index in [1.165, 1.54) is 6.92 Å². The van der Waals surface area contributed by atoms with Crippen LogP contribution in [0.5, 0.6) is 0 Å². The highest BCUT2D eigenvalue weighted by atomic mass is 16.4. The largest absolute Gasteiger partial charge is 0.481 e. The molecular weight excluding hydrogens is 624 g/mol. The molecule has 11 N–H and O–H groups in total. The molecule has 0 spiro atoms. The first-order chi connectivity index (χ1) is 21.9. The number of carbonyl (C=O) groups is 8. The maximum atomic E-state index is 13.2. The van der Waals surface area contributed by atoms with Gasteiger partial charge >= 0.3 is 17.9 Å². The number of aliphatic hydroxyl groups excluding tert-OH is 1. The molecule has 6 atom stereocenters. The summed E-state index contributed by atoms with van der Waals surface area (Å²) >= 11 is 0. The van der Waals surface area contributed by atoms with E-state index in [-0.39, 0.29) is 18.8 Å². The number of hydrogen-bond acceptors (Lipinski definition) is 10. The summed E-state index contributed by atoms with van der Waals surface area (Å²) in [5.74, 6) is -9.44. The number of hydrogen-bond donors (Lipinski definition) is 10. The molecule has 0 saturated heterocycles. The third-order valence-corrected chi connectivity index (χ3v) is 6.55. The van der Waals surface area contributed by atoms with Gasteiger partial charge in [-0.1, -0.05) is 44.2 Å². The monoisotopic (exact) mass is 666 g/mol. The normalized spacial score (nSPS) is 14.7. The molecule has 47 heavy (non-hydrogen) atoms. The third-order valence-electron chi connectivity index (χ3n) is 6.55. The topological polar surface area (TPSA) is 304 Å². The molecule has 0 bridgehead atoms. The Morgan fingerprint density at radius 2 is 1.13 bits per heavy atom. The predicted molar refractivity (Wildman–Crippen MR) is 162 cm³/mol. The molecule has 18 nitrogen and oxygen atoms in total. The molecule has 260 valence electrons. The molecule has 0 aliphatic carbocycles. The van der Waals surface area contributed by atoms with E-state index in [9.17, 15) is 53.7 Å². The highest BCUT2D eigenvalue weighted by Gasteiger charge is 2.33. The number of carbonyl (C=O) groups excluding carboxylic acids is 5. The summed E-state index contributed by atoms with van der Waals surface area (Å²) in [4.78, 5) is 98.1. The van der Waals surface area contributed by atoms with Crippen LogP contribution in [0.1, 0.15) is 45.6 Å². The highest BCUT2D eigenvalue weighted by molar-refractivity contribution is 5.97. The second kappa shape index (κ2) is 19.4. The van der Waals surface area contributed by atoms with Crippen molar-refractivity contribution in [3.63, 3.8) is 0 Å². The molecule has 0 saturated carbocycles. The van der Waals surface area contributed by atoms with Crippen molar-refractivity contribution in [2.45, 2.75) is 82.7 Å². The number of nitrogens with one attached hydrogen (secondary N) is 5. The summed E-state index contributed by atoms with van der Waals surface area (Å²) in [5.41, 5.74) is 6.10. The number of amides is 5. The van der Waals surface area contributed by atoms with Crippen molar-refractivity contribution in [1.29, 1.82) is 0 Å². The molecule has 0 fully saturated rings. The zero-order valence-electron chi connectivity index (χ0n) is 26.1. The van der Waals surface area contributed by atoms with E-state index < -0.39 is 103 Å². The van der Waals surface area contributed by atoms with Crippen LogP contribution in [-0.2, 0) is 44.8 Å². The number of nitrogens with two attached hydrogens (primary N) is 1. The smallest absolute Gasteiger partial charge is 0.328 e. The molecule has 5 amide bonds. The van der Waals surface area contributed by atoms with E-state index in [1.807, 2.05) is 0 Å². The van der Waals surface area contributed by atoms with E-state index in [1.54, 1.807) is 44.2 Å². The van der Waals surface area contributed by atoms with Crippen molar-refractivity contribution in [1.82, 2.24) is 26.6 Å². The highest BCUT2D eigenvalue weighted by Crippen LogP contribution is 2.08. The predicted octanol–water partition coefficient (Wildman–Crippen LogP) is -2.93. The SMILES string of the molecule is CC(C)C[C@H](NC(=O)[C@H](CC(=O)O)NC(=O)[C@@H](N)CC(=O)O)C(=O)N[C@@H](C)C(=O)N[C@@H](Cc1ccccc1)C(=O)N[C@@H](CO)C(=O)O. The molecule has 0 aliphatic heterocycles. The number of aliphatic carboxylic acids is 3. The van der Waals surface area contributed by atoms with E-state index in [0.717, 1.165) is 0 Å². The summed E-state index contributed by atoms with van der Waals surface area (Å²) in [7, 11) is 0. The summed E-state index contributed by atoms with van der Waals surface area (Å²) in [5, 5.41) is 48.0. The van der Waals surface area contributed by atoms with Crippen LogP contribution in [0.25, 0.3) is 0 Å². The van der Waals surface area contributed by atoms with Crippen LogP contribution in [0.15, 0.2) is 30.3 Å². The van der Waals surface area contributed by atoms with Crippen LogP contribution in [0.2, 0.25) is 0 Å². The molecule has 1 rings (SSSR count). The number of rotatable bonds is 20. The number of carboxylic acid groups (broad SMARTS) is 3. The minimum absolute atomic E-state index is 0.00888. The lowest BCUT2D eigenvalue weighted by atomic mass is 10.0. The Morgan fingerprint density at radius 3 is 1.64 bits per heavy atom. The van der Waals surface area contributed by atoms with E-state index in [2.05, 4.69) is 26.6 Å². The first-order valence-electron chi connectivity index (χ1n) is 14.5. The number of benzene rings is 1. The van der Waals surface area contributed by atoms with Crippen molar-refractivity contribution in [3.05, 3.63) is 35.9 Å². The van der Waals surface area contributed by atoms with Gasteiger partial charge < -0.3 is 52.7 Å². The Hall–Kier alpha value is -5.10. The molecule has 1 aromatic carbocycles. The van der Waals surface area contributed by atoms with Gasteiger partial charge in [0.25, 0.3) is 0 Å². The first-order valence-corrected chi connectivity index (χ1v) is 14.5. The lowest BCUT2D eigenvalue weighted by Crippen LogP contribution is -2.59. The molecule has 18 heteroatoms.